The predicted octanol–water partition coefficient (Wildman–Crippen LogP) is 1.50. The Labute approximate surface area is 126 Å². The van der Waals surface area contributed by atoms with Crippen molar-refractivity contribution in [2.45, 2.75) is 25.0 Å². The summed E-state index contributed by atoms with van der Waals surface area (Å²) in [6.45, 7) is 1.44. The van der Waals surface area contributed by atoms with Gasteiger partial charge < -0.3 is 10.0 Å². The lowest BCUT2D eigenvalue weighted by atomic mass is 9.91. The molecule has 0 amide bonds. The van der Waals surface area contributed by atoms with E-state index in [2.05, 4.69) is 15.3 Å². The van der Waals surface area contributed by atoms with Gasteiger partial charge in [-0.2, -0.15) is 0 Å². The minimum Gasteiger partial charge on any atom is -0.388 e. The summed E-state index contributed by atoms with van der Waals surface area (Å²) in [5.74, 6) is -0.161. The molecule has 3 rings (SSSR count). The zero-order chi connectivity index (χ0) is 14.9. The Morgan fingerprint density at radius 1 is 1.38 bits per heavy atom. The predicted molar refractivity (Wildman–Crippen MR) is 75.6 cm³/mol. The number of hydrogen-bond acceptors (Lipinski definition) is 5. The first-order valence-corrected chi connectivity index (χ1v) is 7.06. The lowest BCUT2D eigenvalue weighted by molar-refractivity contribution is -0.00365. The second-order valence-corrected chi connectivity index (χ2v) is 5.71. The van der Waals surface area contributed by atoms with Gasteiger partial charge in [0.05, 0.1) is 23.4 Å². The van der Waals surface area contributed by atoms with Crippen LogP contribution >= 0.6 is 11.6 Å². The molecule has 1 aliphatic rings. The van der Waals surface area contributed by atoms with E-state index in [9.17, 15) is 9.50 Å². The molecule has 0 spiro atoms. The Morgan fingerprint density at radius 2 is 2.14 bits per heavy atom. The first kappa shape index (κ1) is 14.2. The van der Waals surface area contributed by atoms with E-state index in [-0.39, 0.29) is 10.8 Å². The summed E-state index contributed by atoms with van der Waals surface area (Å²) >= 11 is 5.70. The second kappa shape index (κ2) is 5.57. The van der Waals surface area contributed by atoms with Gasteiger partial charge in [-0.05, 0) is 18.9 Å². The third kappa shape index (κ3) is 3.14. The van der Waals surface area contributed by atoms with Gasteiger partial charge in [0.15, 0.2) is 11.6 Å². The molecule has 0 aliphatic carbocycles. The third-order valence-corrected chi connectivity index (χ3v) is 3.92. The second-order valence-electron chi connectivity index (χ2n) is 5.27. The summed E-state index contributed by atoms with van der Waals surface area (Å²) < 4.78 is 15.5. The summed E-state index contributed by atoms with van der Waals surface area (Å²) in [6.07, 6.45) is 5.74. The fourth-order valence-electron chi connectivity index (χ4n) is 2.55. The quantitative estimate of drug-likeness (QED) is 0.930. The van der Waals surface area contributed by atoms with Gasteiger partial charge in [0.1, 0.15) is 0 Å². The lowest BCUT2D eigenvalue weighted by Crippen LogP contribution is -2.47. The number of halogens is 2. The summed E-state index contributed by atoms with van der Waals surface area (Å²) in [6, 6.07) is 1.25. The fourth-order valence-corrected chi connectivity index (χ4v) is 2.70. The van der Waals surface area contributed by atoms with Crippen LogP contribution in [0, 0.1) is 5.82 Å². The van der Waals surface area contributed by atoms with Gasteiger partial charge in [0.25, 0.3) is 0 Å². The van der Waals surface area contributed by atoms with E-state index in [1.54, 1.807) is 17.1 Å². The molecule has 2 aromatic rings. The molecule has 112 valence electrons. The number of piperidine rings is 1. The van der Waals surface area contributed by atoms with Crippen molar-refractivity contribution >= 4 is 17.4 Å². The van der Waals surface area contributed by atoms with E-state index in [0.717, 1.165) is 0 Å². The number of rotatable bonds is 3. The number of anilines is 1. The van der Waals surface area contributed by atoms with Crippen LogP contribution in [0.3, 0.4) is 0 Å². The summed E-state index contributed by atoms with van der Waals surface area (Å²) in [7, 11) is 0. The number of aromatic nitrogens is 4. The van der Waals surface area contributed by atoms with E-state index < -0.39 is 11.4 Å². The Bertz CT molecular complexity index is 613. The van der Waals surface area contributed by atoms with Gasteiger partial charge in [0, 0.05) is 25.5 Å². The Morgan fingerprint density at radius 3 is 2.76 bits per heavy atom. The van der Waals surface area contributed by atoms with Crippen molar-refractivity contribution in [2.24, 2.45) is 0 Å². The van der Waals surface area contributed by atoms with Crippen LogP contribution < -0.4 is 4.90 Å². The zero-order valence-corrected chi connectivity index (χ0v) is 12.0. The molecule has 0 saturated carbocycles. The minimum atomic E-state index is -0.854. The summed E-state index contributed by atoms with van der Waals surface area (Å²) in [4.78, 5) is 5.86. The number of hydrogen-bond donors (Lipinski definition) is 1. The van der Waals surface area contributed by atoms with Gasteiger partial charge >= 0.3 is 0 Å². The highest BCUT2D eigenvalue weighted by Crippen LogP contribution is 2.28. The average molecular weight is 312 g/mol. The Kier molecular flexibility index (Phi) is 3.77. The van der Waals surface area contributed by atoms with Gasteiger partial charge in [0.2, 0.25) is 0 Å². The molecular formula is C13H15ClFN5O. The molecule has 21 heavy (non-hydrogen) atoms. The molecule has 1 N–H and O–H groups in total. The van der Waals surface area contributed by atoms with Gasteiger partial charge in [-0.3, -0.25) is 0 Å². The molecule has 3 heterocycles. The largest absolute Gasteiger partial charge is 0.388 e. The molecule has 1 aliphatic heterocycles. The molecule has 2 aromatic heterocycles. The van der Waals surface area contributed by atoms with Crippen LogP contribution in [0.2, 0.25) is 5.02 Å². The van der Waals surface area contributed by atoms with Crippen LogP contribution in [0.1, 0.15) is 12.8 Å². The normalized spacial score (nSPS) is 18.0. The van der Waals surface area contributed by atoms with E-state index in [1.165, 1.54) is 12.3 Å². The molecule has 0 radical (unpaired) electrons. The van der Waals surface area contributed by atoms with Crippen molar-refractivity contribution in [1.82, 2.24) is 20.0 Å². The van der Waals surface area contributed by atoms with Crippen molar-refractivity contribution in [1.29, 1.82) is 0 Å². The smallest absolute Gasteiger partial charge is 0.167 e. The number of aliphatic hydroxyl groups is 1. The minimum absolute atomic E-state index is 0.274. The molecule has 8 heteroatoms. The fraction of sp³-hybridized carbons (Fsp3) is 0.462. The molecule has 1 fully saturated rings. The maximum Gasteiger partial charge on any atom is 0.167 e. The van der Waals surface area contributed by atoms with Crippen molar-refractivity contribution in [2.75, 3.05) is 18.0 Å². The molecule has 0 unspecified atom stereocenters. The van der Waals surface area contributed by atoms with Gasteiger partial charge in [-0.1, -0.05) is 16.8 Å². The van der Waals surface area contributed by atoms with Gasteiger partial charge in [-0.25, -0.2) is 14.1 Å². The maximum atomic E-state index is 13.9. The Balaban J connectivity index is 1.67. The zero-order valence-electron chi connectivity index (χ0n) is 11.3. The average Bonchev–Trinajstić information content (AvgIpc) is 2.93. The number of pyridine rings is 1. The molecular weight excluding hydrogens is 297 g/mol. The molecule has 6 nitrogen and oxygen atoms in total. The van der Waals surface area contributed by atoms with E-state index in [4.69, 9.17) is 11.6 Å². The van der Waals surface area contributed by atoms with E-state index in [1.807, 2.05) is 4.90 Å². The van der Waals surface area contributed by atoms with Crippen molar-refractivity contribution in [3.63, 3.8) is 0 Å². The highest BCUT2D eigenvalue weighted by atomic mass is 35.5. The van der Waals surface area contributed by atoms with E-state index >= 15 is 0 Å². The Hall–Kier alpha value is -1.73. The third-order valence-electron chi connectivity index (χ3n) is 3.71. The monoisotopic (exact) mass is 311 g/mol. The molecule has 0 aromatic carbocycles. The van der Waals surface area contributed by atoms with Crippen LogP contribution in [-0.4, -0.2) is 43.8 Å². The van der Waals surface area contributed by atoms with Crippen LogP contribution in [-0.2, 0) is 6.54 Å². The SMILES string of the molecule is OC1(Cn2ccnn2)CCN(c2ncc(Cl)cc2F)CC1. The highest BCUT2D eigenvalue weighted by molar-refractivity contribution is 6.30. The van der Waals surface area contributed by atoms with E-state index in [0.29, 0.717) is 32.5 Å². The summed E-state index contributed by atoms with van der Waals surface area (Å²) in [5.41, 5.74) is -0.854. The highest BCUT2D eigenvalue weighted by Gasteiger charge is 2.34. The molecule has 0 atom stereocenters. The van der Waals surface area contributed by atoms with Crippen molar-refractivity contribution in [3.05, 3.63) is 35.5 Å². The first-order chi connectivity index (χ1) is 10.1. The first-order valence-electron chi connectivity index (χ1n) is 6.68. The van der Waals surface area contributed by atoms with Crippen LogP contribution in [0.4, 0.5) is 10.2 Å². The van der Waals surface area contributed by atoms with Crippen molar-refractivity contribution < 1.29 is 9.50 Å². The van der Waals surface area contributed by atoms with Crippen molar-refractivity contribution in [3.8, 4) is 0 Å². The molecule has 0 bridgehead atoms. The maximum absolute atomic E-state index is 13.9. The standard InChI is InChI=1S/C13H15ClFN5O/c14-10-7-11(15)12(16-8-10)19-4-1-13(21,2-5-19)9-20-6-3-17-18-20/h3,6-8,21H,1-2,4-5,9H2. The van der Waals surface area contributed by atoms with Crippen LogP contribution in [0.15, 0.2) is 24.7 Å². The van der Waals surface area contributed by atoms with Gasteiger partial charge in [-0.15, -0.1) is 5.10 Å². The van der Waals surface area contributed by atoms with Crippen LogP contribution in [0.25, 0.3) is 0 Å². The topological polar surface area (TPSA) is 67.1 Å². The summed E-state index contributed by atoms with van der Waals surface area (Å²) in [5, 5.41) is 18.4. The lowest BCUT2D eigenvalue weighted by Gasteiger charge is -2.38. The number of nitrogens with zero attached hydrogens (tertiary/aromatic N) is 5. The van der Waals surface area contributed by atoms with Crippen LogP contribution in [0.5, 0.6) is 0 Å². The molecule has 1 saturated heterocycles.